The van der Waals surface area contributed by atoms with E-state index in [1.54, 1.807) is 11.3 Å². The van der Waals surface area contributed by atoms with Crippen LogP contribution in [0.25, 0.3) is 11.3 Å². The van der Waals surface area contributed by atoms with Gasteiger partial charge < -0.3 is 10.6 Å². The lowest BCUT2D eigenvalue weighted by atomic mass is 10.1. The number of nitrogens with two attached hydrogens (primary N) is 1. The van der Waals surface area contributed by atoms with Crippen LogP contribution < -0.4 is 10.6 Å². The molecule has 18 heavy (non-hydrogen) atoms. The van der Waals surface area contributed by atoms with Gasteiger partial charge in [0.15, 0.2) is 0 Å². The van der Waals surface area contributed by atoms with E-state index in [9.17, 15) is 0 Å². The maximum atomic E-state index is 5.58. The molecule has 0 bridgehead atoms. The normalized spacial score (nSPS) is 10.7. The third-order valence-electron chi connectivity index (χ3n) is 2.84. The van der Waals surface area contributed by atoms with E-state index in [0.29, 0.717) is 6.54 Å². The summed E-state index contributed by atoms with van der Waals surface area (Å²) in [5, 5.41) is 1.13. The van der Waals surface area contributed by atoms with Gasteiger partial charge in [-0.25, -0.2) is 4.98 Å². The molecule has 0 fully saturated rings. The second kappa shape index (κ2) is 5.50. The van der Waals surface area contributed by atoms with Gasteiger partial charge in [0.25, 0.3) is 0 Å². The molecular formula is C14H19N3S. The van der Waals surface area contributed by atoms with E-state index < -0.39 is 0 Å². The Kier molecular flexibility index (Phi) is 3.99. The number of aromatic nitrogens is 1. The van der Waals surface area contributed by atoms with E-state index in [4.69, 9.17) is 10.7 Å². The highest BCUT2D eigenvalue weighted by Crippen LogP contribution is 2.29. The summed E-state index contributed by atoms with van der Waals surface area (Å²) in [5.74, 6) is 0. The first kappa shape index (κ1) is 13.1. The lowest BCUT2D eigenvalue weighted by molar-refractivity contribution is 0.954. The summed E-state index contributed by atoms with van der Waals surface area (Å²) in [6.45, 7) is 2.78. The summed E-state index contributed by atoms with van der Waals surface area (Å²) in [7, 11) is 4.10. The van der Waals surface area contributed by atoms with Crippen molar-refractivity contribution >= 4 is 17.0 Å². The maximum Gasteiger partial charge on any atom is 0.0947 e. The molecule has 1 aromatic heterocycles. The number of benzene rings is 1. The zero-order valence-corrected chi connectivity index (χ0v) is 11.9. The molecule has 4 heteroatoms. The highest BCUT2D eigenvalue weighted by atomic mass is 32.1. The van der Waals surface area contributed by atoms with E-state index in [2.05, 4.69) is 36.1 Å². The summed E-state index contributed by atoms with van der Waals surface area (Å²) in [5.41, 5.74) is 9.05. The summed E-state index contributed by atoms with van der Waals surface area (Å²) in [6.07, 6.45) is 0.860. The van der Waals surface area contributed by atoms with Crippen molar-refractivity contribution < 1.29 is 0 Å². The van der Waals surface area contributed by atoms with E-state index in [1.807, 2.05) is 14.1 Å². The molecule has 96 valence electrons. The van der Waals surface area contributed by atoms with Gasteiger partial charge in [-0.1, -0.05) is 12.1 Å². The van der Waals surface area contributed by atoms with Crippen LogP contribution in [0.15, 0.2) is 24.3 Å². The van der Waals surface area contributed by atoms with Crippen molar-refractivity contribution in [1.29, 1.82) is 0 Å². The van der Waals surface area contributed by atoms with Gasteiger partial charge in [0.05, 0.1) is 10.7 Å². The van der Waals surface area contributed by atoms with E-state index in [1.165, 1.54) is 16.1 Å². The Morgan fingerprint density at radius 3 is 2.78 bits per heavy atom. The Hall–Kier alpha value is -1.39. The third-order valence-corrected chi connectivity index (χ3v) is 3.87. The zero-order valence-electron chi connectivity index (χ0n) is 11.1. The third kappa shape index (κ3) is 2.71. The minimum absolute atomic E-state index is 0.657. The van der Waals surface area contributed by atoms with Crippen LogP contribution in [0, 0.1) is 6.92 Å². The molecule has 0 amide bonds. The molecule has 0 saturated heterocycles. The van der Waals surface area contributed by atoms with Crippen molar-refractivity contribution in [3.05, 3.63) is 34.2 Å². The van der Waals surface area contributed by atoms with Gasteiger partial charge in [-0.05, 0) is 25.6 Å². The van der Waals surface area contributed by atoms with Gasteiger partial charge >= 0.3 is 0 Å². The number of aryl methyl sites for hydroxylation is 1. The molecule has 3 nitrogen and oxygen atoms in total. The minimum atomic E-state index is 0.657. The van der Waals surface area contributed by atoms with E-state index in [-0.39, 0.29) is 0 Å². The molecule has 0 unspecified atom stereocenters. The molecule has 2 aromatic rings. The predicted molar refractivity (Wildman–Crippen MR) is 79.4 cm³/mol. The molecular weight excluding hydrogens is 242 g/mol. The van der Waals surface area contributed by atoms with Crippen molar-refractivity contribution in [2.24, 2.45) is 5.73 Å². The smallest absolute Gasteiger partial charge is 0.0947 e. The minimum Gasteiger partial charge on any atom is -0.378 e. The zero-order chi connectivity index (χ0) is 13.1. The monoisotopic (exact) mass is 261 g/mol. The van der Waals surface area contributed by atoms with Crippen LogP contribution in [-0.4, -0.2) is 25.6 Å². The number of hydrogen-bond donors (Lipinski definition) is 1. The summed E-state index contributed by atoms with van der Waals surface area (Å²) in [6, 6.07) is 8.47. The van der Waals surface area contributed by atoms with Crippen LogP contribution >= 0.6 is 11.3 Å². The Labute approximate surface area is 112 Å². The van der Waals surface area contributed by atoms with Crippen molar-refractivity contribution in [2.45, 2.75) is 13.3 Å². The largest absolute Gasteiger partial charge is 0.378 e. The van der Waals surface area contributed by atoms with Gasteiger partial charge in [-0.3, -0.25) is 0 Å². The Morgan fingerprint density at radius 1 is 1.33 bits per heavy atom. The van der Waals surface area contributed by atoms with Gasteiger partial charge in [-0.15, -0.1) is 11.3 Å². The highest BCUT2D eigenvalue weighted by Gasteiger charge is 2.10. The van der Waals surface area contributed by atoms with Crippen molar-refractivity contribution in [3.63, 3.8) is 0 Å². The quantitative estimate of drug-likeness (QED) is 0.920. The first-order chi connectivity index (χ1) is 8.61. The Balaban J connectivity index is 2.38. The topological polar surface area (TPSA) is 42.1 Å². The second-order valence-electron chi connectivity index (χ2n) is 4.50. The van der Waals surface area contributed by atoms with Crippen LogP contribution in [0.4, 0.5) is 5.69 Å². The lowest BCUT2D eigenvalue weighted by Gasteiger charge is -2.13. The molecule has 0 aliphatic rings. The number of anilines is 1. The van der Waals surface area contributed by atoms with Crippen molar-refractivity contribution in [1.82, 2.24) is 4.98 Å². The molecule has 0 aliphatic carbocycles. The first-order valence-corrected chi connectivity index (χ1v) is 6.87. The first-order valence-electron chi connectivity index (χ1n) is 6.06. The maximum absolute atomic E-state index is 5.58. The standard InChI is InChI=1S/C14H19N3S/c1-10-14(16-13(18-10)7-8-15)11-5-4-6-12(9-11)17(2)3/h4-6,9H,7-8,15H2,1-3H3. The number of nitrogens with zero attached hydrogens (tertiary/aromatic N) is 2. The summed E-state index contributed by atoms with van der Waals surface area (Å²) >= 11 is 1.74. The average Bonchev–Trinajstić information content (AvgIpc) is 2.71. The predicted octanol–water partition coefficient (Wildman–Crippen LogP) is 2.69. The lowest BCUT2D eigenvalue weighted by Crippen LogP contribution is -2.08. The number of thiazole rings is 1. The van der Waals surface area contributed by atoms with Crippen molar-refractivity contribution in [3.8, 4) is 11.3 Å². The molecule has 0 atom stereocenters. The van der Waals surface area contributed by atoms with Crippen molar-refractivity contribution in [2.75, 3.05) is 25.5 Å². The molecule has 0 saturated carbocycles. The number of rotatable bonds is 4. The van der Waals surface area contributed by atoms with Crippen LogP contribution in [0.1, 0.15) is 9.88 Å². The van der Waals surface area contributed by atoms with E-state index in [0.717, 1.165) is 17.1 Å². The fourth-order valence-electron chi connectivity index (χ4n) is 1.88. The van der Waals surface area contributed by atoms with Gasteiger partial charge in [-0.2, -0.15) is 0 Å². The highest BCUT2D eigenvalue weighted by molar-refractivity contribution is 7.12. The van der Waals surface area contributed by atoms with Gasteiger partial charge in [0, 0.05) is 36.6 Å². The van der Waals surface area contributed by atoms with Crippen LogP contribution in [-0.2, 0) is 6.42 Å². The second-order valence-corrected chi connectivity index (χ2v) is 5.78. The molecule has 2 rings (SSSR count). The molecule has 0 spiro atoms. The van der Waals surface area contributed by atoms with Crippen LogP contribution in [0.3, 0.4) is 0 Å². The summed E-state index contributed by atoms with van der Waals surface area (Å²) in [4.78, 5) is 8.05. The Morgan fingerprint density at radius 2 is 2.11 bits per heavy atom. The van der Waals surface area contributed by atoms with Crippen LogP contribution in [0.5, 0.6) is 0 Å². The van der Waals surface area contributed by atoms with E-state index >= 15 is 0 Å². The van der Waals surface area contributed by atoms with Gasteiger partial charge in [0.2, 0.25) is 0 Å². The fourth-order valence-corrected chi connectivity index (χ4v) is 2.85. The number of hydrogen-bond acceptors (Lipinski definition) is 4. The SMILES string of the molecule is Cc1sc(CCN)nc1-c1cccc(N(C)C)c1. The van der Waals surface area contributed by atoms with Gasteiger partial charge in [0.1, 0.15) is 0 Å². The molecule has 1 aromatic carbocycles. The average molecular weight is 261 g/mol. The van der Waals surface area contributed by atoms with Crippen LogP contribution in [0.2, 0.25) is 0 Å². The molecule has 0 aliphatic heterocycles. The Bertz CT molecular complexity index is 532. The molecule has 2 N–H and O–H groups in total. The molecule has 1 heterocycles. The molecule has 0 radical (unpaired) electrons. The fraction of sp³-hybridized carbons (Fsp3) is 0.357. The summed E-state index contributed by atoms with van der Waals surface area (Å²) < 4.78 is 0.